The first kappa shape index (κ1) is 12.2. The molecule has 0 bridgehead atoms. The van der Waals surface area contributed by atoms with E-state index in [-0.39, 0.29) is 22.5 Å². The molecule has 0 N–H and O–H groups in total. The molecule has 0 aliphatic rings. The molecule has 0 amide bonds. The lowest BCUT2D eigenvalue weighted by Gasteiger charge is -2.08. The van der Waals surface area contributed by atoms with Gasteiger partial charge in [-0.1, -0.05) is 44.5 Å². The van der Waals surface area contributed by atoms with E-state index in [9.17, 15) is 4.39 Å². The first-order chi connectivity index (χ1) is 7.11. The molecule has 0 aliphatic carbocycles. The molecule has 0 saturated carbocycles. The summed E-state index contributed by atoms with van der Waals surface area (Å²) in [6, 6.07) is 1.43. The van der Waals surface area contributed by atoms with Crippen LogP contribution in [-0.2, 0) is 0 Å². The van der Waals surface area contributed by atoms with Crippen LogP contribution in [-0.4, -0.2) is 6.61 Å². The number of nitrogens with zero attached hydrogens (tertiary/aromatic N) is 1. The van der Waals surface area contributed by atoms with Gasteiger partial charge in [-0.3, -0.25) is 0 Å². The molecule has 0 heterocycles. The molecule has 0 atom stereocenters. The molecule has 0 aliphatic heterocycles. The van der Waals surface area contributed by atoms with Gasteiger partial charge in [-0.25, -0.2) is 9.24 Å². The van der Waals surface area contributed by atoms with Crippen LogP contribution in [0.4, 0.5) is 10.1 Å². The van der Waals surface area contributed by atoms with Gasteiger partial charge in [0.25, 0.3) is 0 Å². The van der Waals surface area contributed by atoms with E-state index >= 15 is 0 Å². The number of hydrogen-bond acceptors (Lipinski definition) is 1. The zero-order valence-electron chi connectivity index (χ0n) is 7.56. The summed E-state index contributed by atoms with van der Waals surface area (Å²) < 4.78 is 19.3. The number of halogens is 3. The summed E-state index contributed by atoms with van der Waals surface area (Å²) in [4.78, 5) is 3.19. The third-order valence-electron chi connectivity index (χ3n) is 1.57. The topological polar surface area (TPSA) is 13.6 Å². The van der Waals surface area contributed by atoms with Gasteiger partial charge in [0, 0.05) is 4.47 Å². The minimum atomic E-state index is -0.578. The average molecular weight is 335 g/mol. The van der Waals surface area contributed by atoms with Gasteiger partial charge in [-0.05, 0) is 6.07 Å². The van der Waals surface area contributed by atoms with Crippen LogP contribution in [0.1, 0.15) is 0 Å². The van der Waals surface area contributed by atoms with Crippen LogP contribution in [0, 0.1) is 12.4 Å². The maximum Gasteiger partial charge on any atom is 0.218 e. The van der Waals surface area contributed by atoms with Crippen LogP contribution in [0.25, 0.3) is 4.85 Å². The maximum absolute atomic E-state index is 13.6. The van der Waals surface area contributed by atoms with E-state index in [1.807, 2.05) is 0 Å². The standard InChI is InChI=1S/C10H6Br2FNO/c1-3-4-15-7-5-6(11)10(14-2)8(12)9(7)13/h3,5H,1,4H2. The third kappa shape index (κ3) is 2.58. The van der Waals surface area contributed by atoms with Crippen molar-refractivity contribution >= 4 is 37.5 Å². The van der Waals surface area contributed by atoms with Gasteiger partial charge in [-0.15, -0.1) is 0 Å². The second-order valence-electron chi connectivity index (χ2n) is 2.54. The van der Waals surface area contributed by atoms with Crippen molar-refractivity contribution in [2.45, 2.75) is 0 Å². The Hall–Kier alpha value is -0.860. The number of ether oxygens (including phenoxy) is 1. The van der Waals surface area contributed by atoms with Crippen LogP contribution in [0.15, 0.2) is 27.7 Å². The van der Waals surface area contributed by atoms with E-state index in [2.05, 4.69) is 43.3 Å². The molecular weight excluding hydrogens is 329 g/mol. The zero-order chi connectivity index (χ0) is 11.4. The Morgan fingerprint density at radius 2 is 2.27 bits per heavy atom. The van der Waals surface area contributed by atoms with Gasteiger partial charge < -0.3 is 4.74 Å². The van der Waals surface area contributed by atoms with E-state index in [0.29, 0.717) is 4.47 Å². The molecule has 5 heteroatoms. The molecule has 0 radical (unpaired) electrons. The molecule has 0 fully saturated rings. The number of hydrogen-bond donors (Lipinski definition) is 0. The highest BCUT2D eigenvalue weighted by molar-refractivity contribution is 9.11. The van der Waals surface area contributed by atoms with Gasteiger partial charge in [0.15, 0.2) is 11.6 Å². The lowest BCUT2D eigenvalue weighted by molar-refractivity contribution is 0.341. The van der Waals surface area contributed by atoms with Crippen LogP contribution < -0.4 is 4.74 Å². The monoisotopic (exact) mass is 333 g/mol. The first-order valence-electron chi connectivity index (χ1n) is 3.90. The molecule has 0 unspecified atom stereocenters. The Kier molecular flexibility index (Phi) is 4.30. The van der Waals surface area contributed by atoms with Crippen LogP contribution >= 0.6 is 31.9 Å². The summed E-state index contributed by atoms with van der Waals surface area (Å²) in [6.45, 7) is 10.6. The normalized spacial score (nSPS) is 9.47. The van der Waals surface area contributed by atoms with Gasteiger partial charge >= 0.3 is 0 Å². The highest BCUT2D eigenvalue weighted by atomic mass is 79.9. The molecule has 1 aromatic rings. The number of benzene rings is 1. The lowest BCUT2D eigenvalue weighted by Crippen LogP contribution is -1.96. The molecule has 78 valence electrons. The summed E-state index contributed by atoms with van der Waals surface area (Å²) in [7, 11) is 0. The van der Waals surface area contributed by atoms with E-state index in [0.717, 1.165) is 0 Å². The smallest absolute Gasteiger partial charge is 0.218 e. The Morgan fingerprint density at radius 3 is 2.80 bits per heavy atom. The summed E-state index contributed by atoms with van der Waals surface area (Å²) in [5.74, 6) is -0.493. The molecule has 15 heavy (non-hydrogen) atoms. The summed E-state index contributed by atoms with van der Waals surface area (Å²) in [6.07, 6.45) is 1.52. The van der Waals surface area contributed by atoms with Gasteiger partial charge in [0.05, 0.1) is 11.0 Å². The van der Waals surface area contributed by atoms with E-state index < -0.39 is 5.82 Å². The molecule has 1 rings (SSSR count). The van der Waals surface area contributed by atoms with Crippen molar-refractivity contribution < 1.29 is 9.13 Å². The van der Waals surface area contributed by atoms with Crippen LogP contribution in [0.5, 0.6) is 5.75 Å². The van der Waals surface area contributed by atoms with Crippen molar-refractivity contribution in [2.75, 3.05) is 6.61 Å². The third-order valence-corrected chi connectivity index (χ3v) is 2.90. The van der Waals surface area contributed by atoms with Gasteiger partial charge in [0.1, 0.15) is 6.61 Å². The molecule has 1 aromatic carbocycles. The SMILES string of the molecule is [C-]#[N+]c1c(Br)cc(OCC=C)c(F)c1Br. The van der Waals surface area contributed by atoms with Crippen molar-refractivity contribution in [2.24, 2.45) is 0 Å². The highest BCUT2D eigenvalue weighted by Crippen LogP contribution is 2.40. The van der Waals surface area contributed by atoms with Crippen molar-refractivity contribution in [1.82, 2.24) is 0 Å². The maximum atomic E-state index is 13.6. The van der Waals surface area contributed by atoms with Crippen LogP contribution in [0.3, 0.4) is 0 Å². The molecule has 2 nitrogen and oxygen atoms in total. The lowest BCUT2D eigenvalue weighted by atomic mass is 10.3. The fourth-order valence-electron chi connectivity index (χ4n) is 0.920. The van der Waals surface area contributed by atoms with Crippen molar-refractivity contribution in [3.05, 3.63) is 44.9 Å². The fraction of sp³-hybridized carbons (Fsp3) is 0.100. The van der Waals surface area contributed by atoms with E-state index in [4.69, 9.17) is 11.3 Å². The predicted octanol–water partition coefficient (Wildman–Crippen LogP) is 4.47. The first-order valence-corrected chi connectivity index (χ1v) is 5.49. The highest BCUT2D eigenvalue weighted by Gasteiger charge is 2.15. The molecule has 0 aromatic heterocycles. The summed E-state index contributed by atoms with van der Waals surface area (Å²) in [5.41, 5.74) is 0.193. The minimum Gasteiger partial charge on any atom is -0.487 e. The quantitative estimate of drug-likeness (QED) is 0.452. The van der Waals surface area contributed by atoms with Gasteiger partial charge in [-0.2, -0.15) is 0 Å². The number of rotatable bonds is 3. The Bertz CT molecular complexity index is 440. The Morgan fingerprint density at radius 1 is 1.60 bits per heavy atom. The zero-order valence-corrected chi connectivity index (χ0v) is 10.7. The molecular formula is C10H6Br2FNO. The summed E-state index contributed by atoms with van der Waals surface area (Å²) >= 11 is 6.18. The summed E-state index contributed by atoms with van der Waals surface area (Å²) in [5, 5.41) is 0. The van der Waals surface area contributed by atoms with Crippen molar-refractivity contribution in [3.8, 4) is 5.75 Å². The second kappa shape index (κ2) is 5.29. The second-order valence-corrected chi connectivity index (χ2v) is 4.19. The fourth-order valence-corrected chi connectivity index (χ4v) is 2.18. The van der Waals surface area contributed by atoms with E-state index in [1.165, 1.54) is 12.1 Å². The molecule has 0 spiro atoms. The van der Waals surface area contributed by atoms with E-state index in [1.54, 1.807) is 0 Å². The largest absolute Gasteiger partial charge is 0.487 e. The Balaban J connectivity index is 3.22. The average Bonchev–Trinajstić information content (AvgIpc) is 2.22. The van der Waals surface area contributed by atoms with Gasteiger partial charge in [0.2, 0.25) is 5.69 Å². The Labute approximate surface area is 104 Å². The van der Waals surface area contributed by atoms with Crippen molar-refractivity contribution in [1.29, 1.82) is 0 Å². The van der Waals surface area contributed by atoms with Crippen LogP contribution in [0.2, 0.25) is 0 Å². The predicted molar refractivity (Wildman–Crippen MR) is 63.8 cm³/mol. The molecule has 0 saturated heterocycles. The van der Waals surface area contributed by atoms with Crippen molar-refractivity contribution in [3.63, 3.8) is 0 Å². The minimum absolute atomic E-state index is 0.0843.